The maximum atomic E-state index is 6.92. The second-order valence-corrected chi connectivity index (χ2v) is 8.80. The molecule has 0 saturated heterocycles. The molecule has 1 atom stereocenters. The Kier molecular flexibility index (Phi) is 4.01. The van der Waals surface area contributed by atoms with Crippen molar-refractivity contribution in [3.63, 3.8) is 0 Å². The number of aromatic nitrogens is 1. The first-order valence-corrected chi connectivity index (χ1v) is 10.3. The lowest BCUT2D eigenvalue weighted by Crippen LogP contribution is -2.58. The molecule has 2 aromatic carbocycles. The number of fused-ring (bicyclic) bond motifs is 2. The van der Waals surface area contributed by atoms with E-state index in [1.165, 1.54) is 11.1 Å². The highest BCUT2D eigenvalue weighted by atomic mass is 35.5. The summed E-state index contributed by atoms with van der Waals surface area (Å²) in [7, 11) is 2.10. The van der Waals surface area contributed by atoms with Gasteiger partial charge in [-0.15, -0.1) is 0 Å². The normalized spacial score (nSPS) is 21.0. The molecule has 0 amide bonds. The molecule has 3 heterocycles. The fourth-order valence-corrected chi connectivity index (χ4v) is 4.89. The molecule has 0 bridgehead atoms. The summed E-state index contributed by atoms with van der Waals surface area (Å²) in [4.78, 5) is 2.24. The van der Waals surface area contributed by atoms with Crippen LogP contribution in [-0.2, 0) is 12.0 Å². The van der Waals surface area contributed by atoms with Crippen LogP contribution in [0.3, 0.4) is 0 Å². The van der Waals surface area contributed by atoms with Crippen molar-refractivity contribution < 1.29 is 9.30 Å². The molecule has 3 nitrogen and oxygen atoms in total. The van der Waals surface area contributed by atoms with Gasteiger partial charge in [0.2, 0.25) is 5.72 Å². The predicted molar refractivity (Wildman–Crippen MR) is 117 cm³/mol. The molecule has 0 fully saturated rings. The van der Waals surface area contributed by atoms with Crippen LogP contribution in [0.25, 0.3) is 6.08 Å². The van der Waals surface area contributed by atoms with Crippen molar-refractivity contribution in [2.24, 2.45) is 0 Å². The Labute approximate surface area is 176 Å². The zero-order chi connectivity index (χ0) is 20.2. The molecule has 2 aliphatic rings. The molecule has 3 aromatic rings. The zero-order valence-corrected chi connectivity index (χ0v) is 17.6. The van der Waals surface area contributed by atoms with Gasteiger partial charge in [-0.25, -0.2) is 4.57 Å². The maximum absolute atomic E-state index is 6.92. The van der Waals surface area contributed by atoms with E-state index in [4.69, 9.17) is 16.3 Å². The van der Waals surface area contributed by atoms with Crippen LogP contribution in [0.5, 0.6) is 5.75 Å². The van der Waals surface area contributed by atoms with Crippen LogP contribution in [0.4, 0.5) is 5.69 Å². The minimum absolute atomic E-state index is 0.275. The van der Waals surface area contributed by atoms with E-state index in [-0.39, 0.29) is 5.41 Å². The number of para-hydroxylation sites is 1. The van der Waals surface area contributed by atoms with E-state index in [1.807, 2.05) is 24.3 Å². The Morgan fingerprint density at radius 3 is 2.62 bits per heavy atom. The van der Waals surface area contributed by atoms with Crippen molar-refractivity contribution >= 4 is 23.4 Å². The van der Waals surface area contributed by atoms with E-state index in [2.05, 4.69) is 85.2 Å². The number of hydrogen-bond acceptors (Lipinski definition) is 2. The minimum Gasteiger partial charge on any atom is -0.462 e. The average Bonchev–Trinajstić information content (AvgIpc) is 2.87. The average molecular weight is 404 g/mol. The number of nitrogens with zero attached hydrogens (tertiary/aromatic N) is 2. The van der Waals surface area contributed by atoms with Gasteiger partial charge in [0, 0.05) is 35.5 Å². The van der Waals surface area contributed by atoms with Crippen LogP contribution in [0.15, 0.2) is 73.1 Å². The highest BCUT2D eigenvalue weighted by Crippen LogP contribution is 2.55. The molecule has 1 spiro atoms. The Morgan fingerprint density at radius 1 is 1.03 bits per heavy atom. The number of benzene rings is 2. The molecule has 1 aromatic heterocycles. The maximum Gasteiger partial charge on any atom is 0.211 e. The summed E-state index contributed by atoms with van der Waals surface area (Å²) >= 11 is 6.34. The van der Waals surface area contributed by atoms with Gasteiger partial charge >= 0.3 is 0 Å². The summed E-state index contributed by atoms with van der Waals surface area (Å²) in [6.45, 7) is 5.22. The topological polar surface area (TPSA) is 16.4 Å². The van der Waals surface area contributed by atoms with E-state index < -0.39 is 5.72 Å². The summed E-state index contributed by atoms with van der Waals surface area (Å²) in [5.74, 6) is 0.949. The van der Waals surface area contributed by atoms with Gasteiger partial charge in [0.25, 0.3) is 0 Å². The smallest absolute Gasteiger partial charge is 0.211 e. The van der Waals surface area contributed by atoms with Crippen LogP contribution in [0.2, 0.25) is 5.02 Å². The van der Waals surface area contributed by atoms with E-state index in [0.717, 1.165) is 28.6 Å². The molecular formula is C25H24ClN2O+. The van der Waals surface area contributed by atoms with Crippen molar-refractivity contribution in [2.45, 2.75) is 31.5 Å². The van der Waals surface area contributed by atoms with Crippen molar-refractivity contribution in [3.05, 3.63) is 94.8 Å². The standard InChI is InChI=1S/C25H24ClN2O/c1-24(2)21-16-20(26)10-11-22(21)27(3)25(24)13-12-18-8-7-9-19(23(18)29-25)17-28-14-5-4-6-15-28/h4-16H,17H2,1-3H3/q+1. The fraction of sp³-hybridized carbons (Fsp3) is 0.240. The molecular weight excluding hydrogens is 380 g/mol. The van der Waals surface area contributed by atoms with Gasteiger partial charge < -0.3 is 9.64 Å². The van der Waals surface area contributed by atoms with Crippen molar-refractivity contribution in [2.75, 3.05) is 11.9 Å². The molecule has 29 heavy (non-hydrogen) atoms. The summed E-state index contributed by atoms with van der Waals surface area (Å²) in [6, 6.07) is 18.6. The van der Waals surface area contributed by atoms with Gasteiger partial charge in [0.1, 0.15) is 5.75 Å². The van der Waals surface area contributed by atoms with Crippen LogP contribution < -0.4 is 14.2 Å². The van der Waals surface area contributed by atoms with Gasteiger partial charge in [-0.05, 0) is 55.8 Å². The molecule has 0 N–H and O–H groups in total. The largest absolute Gasteiger partial charge is 0.462 e. The van der Waals surface area contributed by atoms with E-state index >= 15 is 0 Å². The number of ether oxygens (including phenoxy) is 1. The van der Waals surface area contributed by atoms with Gasteiger partial charge in [0.05, 0.1) is 11.0 Å². The molecule has 0 aliphatic carbocycles. The van der Waals surface area contributed by atoms with E-state index in [9.17, 15) is 0 Å². The highest BCUT2D eigenvalue weighted by molar-refractivity contribution is 6.30. The molecule has 0 saturated carbocycles. The highest BCUT2D eigenvalue weighted by Gasteiger charge is 2.57. The Bertz CT molecular complexity index is 1120. The monoisotopic (exact) mass is 403 g/mol. The summed E-state index contributed by atoms with van der Waals surface area (Å²) < 4.78 is 9.09. The fourth-order valence-electron chi connectivity index (χ4n) is 4.72. The third kappa shape index (κ3) is 2.61. The number of hydrogen-bond donors (Lipinski definition) is 0. The Balaban J connectivity index is 1.61. The summed E-state index contributed by atoms with van der Waals surface area (Å²) in [5, 5.41) is 0.753. The van der Waals surface area contributed by atoms with Crippen molar-refractivity contribution in [1.29, 1.82) is 0 Å². The van der Waals surface area contributed by atoms with Crippen LogP contribution in [-0.4, -0.2) is 12.8 Å². The molecule has 2 aliphatic heterocycles. The van der Waals surface area contributed by atoms with Gasteiger partial charge in [-0.2, -0.15) is 0 Å². The third-order valence-electron chi connectivity index (χ3n) is 6.39. The molecule has 146 valence electrons. The lowest BCUT2D eigenvalue weighted by atomic mass is 9.76. The first kappa shape index (κ1) is 18.3. The van der Waals surface area contributed by atoms with Crippen molar-refractivity contribution in [1.82, 2.24) is 0 Å². The van der Waals surface area contributed by atoms with Gasteiger partial charge in [0.15, 0.2) is 18.9 Å². The number of anilines is 1. The number of pyridine rings is 1. The Morgan fingerprint density at radius 2 is 1.83 bits per heavy atom. The van der Waals surface area contributed by atoms with E-state index in [0.29, 0.717) is 0 Å². The van der Waals surface area contributed by atoms with Gasteiger partial charge in [-0.1, -0.05) is 29.8 Å². The molecule has 5 rings (SSSR count). The zero-order valence-electron chi connectivity index (χ0n) is 16.9. The van der Waals surface area contributed by atoms with Crippen LogP contribution in [0.1, 0.15) is 30.5 Å². The molecule has 0 radical (unpaired) electrons. The minimum atomic E-state index is -0.607. The van der Waals surface area contributed by atoms with E-state index in [1.54, 1.807) is 0 Å². The number of likely N-dealkylation sites (N-methyl/N-ethyl adjacent to an activating group) is 1. The van der Waals surface area contributed by atoms with Crippen LogP contribution >= 0.6 is 11.6 Å². The van der Waals surface area contributed by atoms with Crippen LogP contribution in [0, 0.1) is 0 Å². The first-order chi connectivity index (χ1) is 13.9. The summed E-state index contributed by atoms with van der Waals surface area (Å²) in [6.07, 6.45) is 8.56. The second-order valence-electron chi connectivity index (χ2n) is 8.36. The number of halogens is 1. The molecule has 1 unspecified atom stereocenters. The Hall–Kier alpha value is -2.78. The predicted octanol–water partition coefficient (Wildman–Crippen LogP) is 5.21. The second kappa shape index (κ2) is 6.36. The van der Waals surface area contributed by atoms with Gasteiger partial charge in [-0.3, -0.25) is 0 Å². The summed E-state index contributed by atoms with van der Waals surface area (Å²) in [5.41, 5.74) is 3.76. The molecule has 4 heteroatoms. The number of rotatable bonds is 2. The third-order valence-corrected chi connectivity index (χ3v) is 6.63. The lowest BCUT2D eigenvalue weighted by molar-refractivity contribution is -0.688. The first-order valence-electron chi connectivity index (χ1n) is 9.90. The SMILES string of the molecule is CN1c2ccc(Cl)cc2C(C)(C)C12C=Cc1cccc(C[n+]3ccccc3)c1O2. The lowest BCUT2D eigenvalue weighted by Gasteiger charge is -2.46. The quantitative estimate of drug-likeness (QED) is 0.546. The van der Waals surface area contributed by atoms with Crippen molar-refractivity contribution in [3.8, 4) is 5.75 Å².